The van der Waals surface area contributed by atoms with E-state index < -0.39 is 12.0 Å². The SMILES string of the molecule is CCCCN(CCCC)c1ccc(C2C(=O)C(O)C2=O)cc1C. The number of anilines is 1. The molecule has 0 radical (unpaired) electrons. The maximum atomic E-state index is 11.7. The zero-order valence-electron chi connectivity index (χ0n) is 14.3. The quantitative estimate of drug-likeness (QED) is 0.749. The van der Waals surface area contributed by atoms with Gasteiger partial charge in [0.25, 0.3) is 0 Å². The van der Waals surface area contributed by atoms with Crippen LogP contribution in [0.5, 0.6) is 0 Å². The average molecular weight is 317 g/mol. The minimum Gasteiger partial charge on any atom is -0.377 e. The second kappa shape index (κ2) is 7.73. The maximum absolute atomic E-state index is 11.7. The van der Waals surface area contributed by atoms with Crippen LogP contribution in [-0.4, -0.2) is 35.9 Å². The molecule has 0 saturated heterocycles. The Kier molecular flexibility index (Phi) is 5.94. The van der Waals surface area contributed by atoms with Crippen molar-refractivity contribution in [1.29, 1.82) is 0 Å². The highest BCUT2D eigenvalue weighted by Gasteiger charge is 2.48. The van der Waals surface area contributed by atoms with Crippen molar-refractivity contribution in [3.8, 4) is 0 Å². The number of aliphatic hydroxyl groups excluding tert-OH is 1. The van der Waals surface area contributed by atoms with E-state index in [2.05, 4.69) is 18.7 Å². The lowest BCUT2D eigenvalue weighted by molar-refractivity contribution is -0.152. The number of nitrogens with zero attached hydrogens (tertiary/aromatic N) is 1. The van der Waals surface area contributed by atoms with Gasteiger partial charge < -0.3 is 10.0 Å². The first-order valence-corrected chi connectivity index (χ1v) is 8.62. The Morgan fingerprint density at radius 2 is 1.61 bits per heavy atom. The van der Waals surface area contributed by atoms with Crippen molar-refractivity contribution in [2.45, 2.75) is 58.5 Å². The van der Waals surface area contributed by atoms with E-state index in [1.807, 2.05) is 25.1 Å². The van der Waals surface area contributed by atoms with Crippen LogP contribution in [0.15, 0.2) is 18.2 Å². The Hall–Kier alpha value is -1.68. The van der Waals surface area contributed by atoms with Gasteiger partial charge in [-0.2, -0.15) is 0 Å². The highest BCUT2D eigenvalue weighted by Crippen LogP contribution is 2.33. The van der Waals surface area contributed by atoms with Gasteiger partial charge in [0, 0.05) is 18.8 Å². The van der Waals surface area contributed by atoms with Gasteiger partial charge in [0.1, 0.15) is 5.92 Å². The Labute approximate surface area is 138 Å². The lowest BCUT2D eigenvalue weighted by Gasteiger charge is -2.30. The molecule has 0 amide bonds. The van der Waals surface area contributed by atoms with Crippen molar-refractivity contribution in [3.05, 3.63) is 29.3 Å². The van der Waals surface area contributed by atoms with Crippen LogP contribution in [0.25, 0.3) is 0 Å². The standard InChI is InChI=1S/C19H27NO3/c1-4-6-10-20(11-7-5-2)15-9-8-14(12-13(15)3)16-17(21)19(23)18(16)22/h8-9,12,16,19,23H,4-7,10-11H2,1-3H3. The summed E-state index contributed by atoms with van der Waals surface area (Å²) < 4.78 is 0. The third-order valence-corrected chi connectivity index (χ3v) is 4.57. The molecule has 0 aliphatic heterocycles. The number of carbonyl (C=O) groups is 2. The van der Waals surface area contributed by atoms with Crippen LogP contribution < -0.4 is 4.90 Å². The molecule has 126 valence electrons. The summed E-state index contributed by atoms with van der Waals surface area (Å²) in [5.74, 6) is -1.52. The van der Waals surface area contributed by atoms with E-state index in [0.29, 0.717) is 5.56 Å². The van der Waals surface area contributed by atoms with Gasteiger partial charge in [0.15, 0.2) is 17.7 Å². The number of unbranched alkanes of at least 4 members (excludes halogenated alkanes) is 2. The molecule has 1 aliphatic carbocycles. The lowest BCUT2D eigenvalue weighted by Crippen LogP contribution is -2.50. The van der Waals surface area contributed by atoms with Crippen molar-refractivity contribution in [2.75, 3.05) is 18.0 Å². The molecule has 0 bridgehead atoms. The van der Waals surface area contributed by atoms with Crippen molar-refractivity contribution in [2.24, 2.45) is 0 Å². The minimum atomic E-state index is -1.41. The second-order valence-corrected chi connectivity index (χ2v) is 6.38. The van der Waals surface area contributed by atoms with Gasteiger partial charge in [-0.25, -0.2) is 0 Å². The summed E-state index contributed by atoms with van der Waals surface area (Å²) in [4.78, 5) is 25.8. The Morgan fingerprint density at radius 1 is 1.04 bits per heavy atom. The first kappa shape index (κ1) is 17.7. The summed E-state index contributed by atoms with van der Waals surface area (Å²) in [6.07, 6.45) is 3.20. The summed E-state index contributed by atoms with van der Waals surface area (Å²) in [5, 5.41) is 9.32. The van der Waals surface area contributed by atoms with Gasteiger partial charge in [0.05, 0.1) is 0 Å². The molecule has 23 heavy (non-hydrogen) atoms. The number of ketones is 2. The van der Waals surface area contributed by atoms with E-state index in [0.717, 1.165) is 44.3 Å². The summed E-state index contributed by atoms with van der Waals surface area (Å²) in [7, 11) is 0. The van der Waals surface area contributed by atoms with Crippen LogP contribution in [0, 0.1) is 6.92 Å². The van der Waals surface area contributed by atoms with E-state index in [1.165, 1.54) is 5.69 Å². The molecule has 0 heterocycles. The zero-order chi connectivity index (χ0) is 17.0. The Morgan fingerprint density at radius 3 is 2.09 bits per heavy atom. The molecule has 0 spiro atoms. The molecule has 4 nitrogen and oxygen atoms in total. The zero-order valence-corrected chi connectivity index (χ0v) is 14.3. The fraction of sp³-hybridized carbons (Fsp3) is 0.579. The van der Waals surface area contributed by atoms with Crippen molar-refractivity contribution in [1.82, 2.24) is 0 Å². The lowest BCUT2D eigenvalue weighted by atomic mass is 9.74. The van der Waals surface area contributed by atoms with Gasteiger partial charge in [-0.3, -0.25) is 9.59 Å². The predicted molar refractivity (Wildman–Crippen MR) is 92.0 cm³/mol. The van der Waals surface area contributed by atoms with E-state index in [4.69, 9.17) is 0 Å². The molecule has 1 aromatic rings. The number of aryl methyl sites for hydroxylation is 1. The van der Waals surface area contributed by atoms with Crippen LogP contribution in [0.4, 0.5) is 5.69 Å². The average Bonchev–Trinajstić information content (AvgIpc) is 2.55. The Bertz CT molecular complexity index is 558. The molecule has 1 fully saturated rings. The first-order chi connectivity index (χ1) is 11.0. The molecule has 1 N–H and O–H groups in total. The third-order valence-electron chi connectivity index (χ3n) is 4.57. The highest BCUT2D eigenvalue weighted by atomic mass is 16.3. The van der Waals surface area contributed by atoms with Gasteiger partial charge in [-0.05, 0) is 37.0 Å². The largest absolute Gasteiger partial charge is 0.377 e. The summed E-state index contributed by atoms with van der Waals surface area (Å²) in [6, 6.07) is 5.80. The molecular weight excluding hydrogens is 290 g/mol. The molecule has 0 unspecified atom stereocenters. The molecular formula is C19H27NO3. The normalized spacial score (nSPS) is 20.5. The fourth-order valence-corrected chi connectivity index (χ4v) is 3.09. The van der Waals surface area contributed by atoms with Gasteiger partial charge in [0.2, 0.25) is 0 Å². The number of Topliss-reactive ketones (excluding diaryl/α,β-unsaturated/α-hetero) is 2. The highest BCUT2D eigenvalue weighted by molar-refractivity contribution is 6.29. The first-order valence-electron chi connectivity index (χ1n) is 8.62. The second-order valence-electron chi connectivity index (χ2n) is 6.38. The van der Waals surface area contributed by atoms with Gasteiger partial charge in [-0.15, -0.1) is 0 Å². The minimum absolute atomic E-state index is 0.379. The van der Waals surface area contributed by atoms with E-state index >= 15 is 0 Å². The van der Waals surface area contributed by atoms with Crippen LogP contribution in [0.2, 0.25) is 0 Å². The van der Waals surface area contributed by atoms with Crippen molar-refractivity contribution < 1.29 is 14.7 Å². The predicted octanol–water partition coefficient (Wildman–Crippen LogP) is 3.00. The van der Waals surface area contributed by atoms with Gasteiger partial charge >= 0.3 is 0 Å². The van der Waals surface area contributed by atoms with Crippen LogP contribution in [0.3, 0.4) is 0 Å². The van der Waals surface area contributed by atoms with Crippen molar-refractivity contribution in [3.63, 3.8) is 0 Å². The summed E-state index contributed by atoms with van der Waals surface area (Å²) in [6.45, 7) is 8.45. The molecule has 1 saturated carbocycles. The van der Waals surface area contributed by atoms with E-state index in [-0.39, 0.29) is 11.6 Å². The fourth-order valence-electron chi connectivity index (χ4n) is 3.09. The monoisotopic (exact) mass is 317 g/mol. The smallest absolute Gasteiger partial charge is 0.183 e. The number of hydrogen-bond acceptors (Lipinski definition) is 4. The molecule has 4 heteroatoms. The van der Waals surface area contributed by atoms with Crippen LogP contribution >= 0.6 is 0 Å². The molecule has 1 aliphatic rings. The van der Waals surface area contributed by atoms with Crippen LogP contribution in [0.1, 0.15) is 56.6 Å². The number of aliphatic hydroxyl groups is 1. The van der Waals surface area contributed by atoms with Crippen molar-refractivity contribution >= 4 is 17.3 Å². The number of hydrogen-bond donors (Lipinski definition) is 1. The Balaban J connectivity index is 2.19. The molecule has 1 aromatic carbocycles. The molecule has 0 aromatic heterocycles. The van der Waals surface area contributed by atoms with E-state index in [1.54, 1.807) is 0 Å². The van der Waals surface area contributed by atoms with E-state index in [9.17, 15) is 14.7 Å². The third kappa shape index (κ3) is 3.63. The summed E-state index contributed by atoms with van der Waals surface area (Å²) >= 11 is 0. The molecule has 0 atom stereocenters. The summed E-state index contributed by atoms with van der Waals surface area (Å²) in [5.41, 5.74) is 2.96. The topological polar surface area (TPSA) is 57.6 Å². The number of carbonyl (C=O) groups excluding carboxylic acids is 2. The molecule has 2 rings (SSSR count). The van der Waals surface area contributed by atoms with Crippen LogP contribution in [-0.2, 0) is 9.59 Å². The maximum Gasteiger partial charge on any atom is 0.183 e. The van der Waals surface area contributed by atoms with Gasteiger partial charge in [-0.1, -0.05) is 38.8 Å². The number of benzene rings is 1. The number of rotatable bonds is 8.